The van der Waals surface area contributed by atoms with Crippen LogP contribution in [-0.2, 0) is 61.2 Å². The van der Waals surface area contributed by atoms with Crippen molar-refractivity contribution < 1.29 is 206 Å². The predicted octanol–water partition coefficient (Wildman–Crippen LogP) is 13.2. The topological polar surface area (TPSA) is 129 Å². The first kappa shape index (κ1) is 126. The number of unbranched alkanes of at least 4 members (excludes halogenated alkanes) is 1. The van der Waals surface area contributed by atoms with Crippen molar-refractivity contribution in [1.29, 1.82) is 0 Å². The summed E-state index contributed by atoms with van der Waals surface area (Å²) in [6.07, 6.45) is 9.58. The van der Waals surface area contributed by atoms with Crippen LogP contribution in [-0.4, -0.2) is 75.6 Å². The van der Waals surface area contributed by atoms with Crippen LogP contribution in [0.15, 0.2) is 218 Å². The standard InChI is InChI=1S/C16H23NO3.C11H15NO.C9H18O3.C8H6Br4.C8H7Br3.C8H6Br2.C8H7Br.C8H6I2.C8H8.C8H10.2CH3F.3HI.3Na/c1-16(2,3)20-15(18)17-9-6-10-19-14-11-12-7-4-5-8-13(12)14;12-6-3-7-13-11-8-9-4-1-2-5-10(9)11;1-9(2,3)12-8(11)6-4-5-7-10;9-7(10)5-3-1-2-4-6(5)8(11)12;9-5-6-3-1-2-4-7(6)8(10)11;9-7-5-3-1-2-4-6(5)8(7)10;9-8-5-6-3-1-2-4-7(6)8;9-7-5-3-1-2-4-6(5)8(7)10;1-2-4-8-6-5-7(8)3-1;1-7-5-3-4-6-8(7)2;2*1-2;;;;;;/h4-5,7-8,14H,6,9-11H2,1-3H3,(H,17,18);1-2,4-5,11H,3,6-8,12H2;10H,4-7H2,1-3H3;1-4,7-8H;1-4,8H,5H2;1-4,7-8H;1-4,8H,5H2;1-4,7-8H;1-4H,5-6H2;3-6H,1-2H3;2*1H3;3*1H;;;/q;;;;;;;;;;;;;;;3*+1/p-3/i;;;;;;;;;;2*1D;;;;;;. The summed E-state index contributed by atoms with van der Waals surface area (Å²) < 4.78 is 54.8. The van der Waals surface area contributed by atoms with Crippen LogP contribution in [0.5, 0.6) is 0 Å². The number of fused-ring (bicyclic) bond motifs is 6. The maximum absolute atomic E-state index is 11.4. The Bertz CT molecular complexity index is 4200. The number of aryl methyl sites for hydroxylation is 4. The molecule has 0 aromatic heterocycles. The Hall–Kier alpha value is 2.87. The average molecular weight is 2920 g/mol. The fraction of sp³-hybridized carbons (Fsp3) is 0.404. The van der Waals surface area contributed by atoms with Gasteiger partial charge in [-0.1, -0.05) is 423 Å². The monoisotopic (exact) mass is 2910 g/mol. The van der Waals surface area contributed by atoms with Crippen molar-refractivity contribution in [2.75, 3.05) is 47.2 Å². The largest absolute Gasteiger partial charge is 1.00 e. The zero-order chi connectivity index (χ0) is 88.0. The van der Waals surface area contributed by atoms with Gasteiger partial charge in [-0.25, -0.2) is 4.79 Å². The molecule has 4 N–H and O–H groups in total. The van der Waals surface area contributed by atoms with Crippen molar-refractivity contribution in [3.63, 3.8) is 0 Å². The van der Waals surface area contributed by atoms with Crippen LogP contribution in [0.4, 0.5) is 13.6 Å². The van der Waals surface area contributed by atoms with Crippen LogP contribution in [0.1, 0.15) is 222 Å². The first-order valence-corrected chi connectivity index (χ1v) is 50.4. The average Bonchev–Trinajstić information content (AvgIpc) is 0.772. The summed E-state index contributed by atoms with van der Waals surface area (Å²) in [4.78, 5) is 24.1. The molecule has 0 saturated carbocycles. The molecule has 9 aromatic carbocycles. The number of aliphatic hydroxyl groups excluding tert-OH is 1. The number of aliphatic hydroxyl groups is 1. The van der Waals surface area contributed by atoms with E-state index in [4.69, 9.17) is 32.5 Å². The van der Waals surface area contributed by atoms with E-state index in [1.807, 2.05) is 71.9 Å². The number of carbonyl (C=O) groups excluding carboxylic acids is 2. The summed E-state index contributed by atoms with van der Waals surface area (Å²) in [5.41, 5.74) is 29.8. The summed E-state index contributed by atoms with van der Waals surface area (Å²) in [7, 11) is -2.00. The summed E-state index contributed by atoms with van der Waals surface area (Å²) in [6.45, 7) is 18.2. The normalized spacial score (nSPS) is 16.2. The fourth-order valence-electron chi connectivity index (χ4n) is 11.8. The van der Waals surface area contributed by atoms with Gasteiger partial charge in [-0.3, -0.25) is 13.6 Å². The third-order valence-electron chi connectivity index (χ3n) is 18.4. The molecule has 6 aliphatic carbocycles. The van der Waals surface area contributed by atoms with E-state index >= 15 is 0 Å². The summed E-state index contributed by atoms with van der Waals surface area (Å²) in [5.74, 6) is -0.184. The number of carbonyl (C=O) groups is 2. The van der Waals surface area contributed by atoms with Crippen molar-refractivity contribution >= 4 is 217 Å². The second-order valence-corrected chi connectivity index (χ2v) is 44.7. The third-order valence-corrected chi connectivity index (χ3v) is 29.7. The second kappa shape index (κ2) is 73.1. The van der Waals surface area contributed by atoms with Crippen LogP contribution in [0.25, 0.3) is 0 Å². The van der Waals surface area contributed by atoms with E-state index in [1.165, 1.54) is 108 Å². The first-order chi connectivity index (χ1) is 56.8. The third kappa shape index (κ3) is 48.6. The molecule has 9 aromatic rings. The molecular weight excluding hydrogens is 2810 g/mol. The van der Waals surface area contributed by atoms with Crippen molar-refractivity contribution in [3.05, 3.63) is 319 Å². The van der Waals surface area contributed by atoms with Gasteiger partial charge in [-0.05, 0) is 207 Å². The number of halogens is 17. The molecule has 29 heteroatoms. The molecule has 7 atom stereocenters. The molecule has 0 spiro atoms. The Kier molecular flexibility index (Phi) is 74.8. The number of esters is 1. The second-order valence-electron chi connectivity index (χ2n) is 29.2. The van der Waals surface area contributed by atoms with Gasteiger partial charge in [0.15, 0.2) is 0 Å². The number of nitrogens with two attached hydrogens (primary N) is 1. The SMILES string of the molecule is BrC(Br)c1ccccc1C(Br)Br.BrC1Cc2ccccc21.BrC1c2ccccc2C1Br.BrCc1ccccc1C(Br)Br.CC(C)(C)OC(=O)CCCCO.CC(C)(C)OC(=O)NCCCOC1Cc2ccccc21.Cc1ccccc1C.IC1c2ccccc2C1I.NCCCOC1Cc2ccccc21.[2H]CF.[2H]CF.[I-].[I-].[I-].[Na+].[Na+].[Na+].c1ccc2c(c1)CC2. The van der Waals surface area contributed by atoms with Crippen molar-refractivity contribution in [1.82, 2.24) is 5.32 Å². The van der Waals surface area contributed by atoms with Gasteiger partial charge in [0, 0.05) is 55.8 Å². The Morgan fingerprint density at radius 1 is 0.480 bits per heavy atom. The van der Waals surface area contributed by atoms with Gasteiger partial charge in [0.2, 0.25) is 0 Å². The van der Waals surface area contributed by atoms with E-state index in [9.17, 15) is 18.4 Å². The van der Waals surface area contributed by atoms with Crippen molar-refractivity contribution in [2.45, 2.75) is 182 Å². The summed E-state index contributed by atoms with van der Waals surface area (Å²) >= 11 is 40.0. The maximum atomic E-state index is 11.4. The van der Waals surface area contributed by atoms with Gasteiger partial charge in [-0.2, -0.15) is 0 Å². The number of ether oxygens (including phenoxy) is 4. The Labute approximate surface area is 965 Å². The molecule has 0 radical (unpaired) electrons. The molecule has 7 unspecified atom stereocenters. The zero-order valence-corrected chi connectivity index (χ0v) is 104. The molecule has 0 saturated heterocycles. The minimum atomic E-state index is -1.00. The molecule has 123 heavy (non-hydrogen) atoms. The van der Waals surface area contributed by atoms with E-state index < -0.39 is 25.5 Å². The quantitative estimate of drug-likeness (QED) is 0.0270. The van der Waals surface area contributed by atoms with Gasteiger partial charge in [0.05, 0.1) is 58.0 Å². The van der Waals surface area contributed by atoms with Crippen molar-refractivity contribution in [2.24, 2.45) is 5.73 Å². The molecule has 6 aliphatic rings. The number of hydrogen-bond acceptors (Lipinski definition) is 8. The molecule has 0 bridgehead atoms. The number of nitrogens with one attached hydrogen (secondary N) is 1. The van der Waals surface area contributed by atoms with E-state index in [-0.39, 0.29) is 197 Å². The molecule has 1 amide bonds. The smallest absolute Gasteiger partial charge is 1.00 e. The van der Waals surface area contributed by atoms with Crippen molar-refractivity contribution in [3.8, 4) is 0 Å². The Balaban J connectivity index is -0.00000132. The molecule has 15 rings (SSSR count). The minimum Gasteiger partial charge on any atom is -1.00 e. The fourth-order valence-corrected chi connectivity index (χ4v) is 19.0. The predicted molar refractivity (Wildman–Crippen MR) is 540 cm³/mol. The van der Waals surface area contributed by atoms with E-state index in [0.29, 0.717) is 59.5 Å². The molecular formula is C94H112Br10F2I5N2Na3O7. The summed E-state index contributed by atoms with van der Waals surface area (Å²) in [6, 6.07) is 76.0. The molecule has 0 aliphatic heterocycles. The van der Waals surface area contributed by atoms with Gasteiger partial charge < -0.3 is 107 Å². The molecule has 0 heterocycles. The van der Waals surface area contributed by atoms with E-state index in [0.717, 1.165) is 45.5 Å². The summed E-state index contributed by atoms with van der Waals surface area (Å²) in [5, 5.41) is 12.1. The number of alkyl halides is 14. The number of benzene rings is 9. The number of amides is 1. The maximum Gasteiger partial charge on any atom is 1.00 e. The number of alkyl carbamates (subject to hydrolysis) is 1. The van der Waals surface area contributed by atoms with E-state index in [1.54, 1.807) is 11.1 Å². The van der Waals surface area contributed by atoms with Gasteiger partial charge >= 0.3 is 101 Å². The van der Waals surface area contributed by atoms with Gasteiger partial charge in [0.25, 0.3) is 0 Å². The van der Waals surface area contributed by atoms with Gasteiger partial charge in [-0.15, -0.1) is 0 Å². The molecule has 9 nitrogen and oxygen atoms in total. The Morgan fingerprint density at radius 3 is 1.13 bits per heavy atom. The molecule has 662 valence electrons. The van der Waals surface area contributed by atoms with E-state index in [2.05, 4.69) is 412 Å². The van der Waals surface area contributed by atoms with Crippen LogP contribution < -0.4 is 172 Å². The minimum absolute atomic E-state index is 0. The Morgan fingerprint density at radius 2 is 0.813 bits per heavy atom. The number of rotatable bonds is 17. The van der Waals surface area contributed by atoms with Crippen LogP contribution in [0.2, 0.25) is 0 Å². The first-order valence-electron chi connectivity index (χ1n) is 39.9. The zero-order valence-electron chi connectivity index (χ0n) is 73.7. The van der Waals surface area contributed by atoms with Gasteiger partial charge in [0.1, 0.15) is 11.2 Å². The van der Waals surface area contributed by atoms with Crippen LogP contribution in [0.3, 0.4) is 0 Å². The number of hydrogen-bond donors (Lipinski definition) is 3. The van der Waals surface area contributed by atoms with Crippen LogP contribution >= 0.6 is 204 Å². The van der Waals surface area contributed by atoms with Crippen LogP contribution in [0, 0.1) is 13.8 Å². The molecule has 0 fully saturated rings.